The van der Waals surface area contributed by atoms with Crippen LogP contribution in [0.1, 0.15) is 64.3 Å². The van der Waals surface area contributed by atoms with E-state index in [4.69, 9.17) is 19.2 Å². The number of ether oxygens (including phenoxy) is 3. The average Bonchev–Trinajstić information content (AvgIpc) is 4.11. The van der Waals surface area contributed by atoms with Crippen LogP contribution in [0.5, 0.6) is 0 Å². The number of methoxy groups -OCH3 is 3. The predicted molar refractivity (Wildman–Crippen MR) is 233 cm³/mol. The number of nitrogens with zero attached hydrogens (tertiary/aromatic N) is 6. The van der Waals surface area contributed by atoms with Crippen LogP contribution in [0.2, 0.25) is 0 Å². The molecule has 2 fully saturated rings. The fourth-order valence-corrected chi connectivity index (χ4v) is 8.23. The molecule has 3 aromatic heterocycles. The van der Waals surface area contributed by atoms with Crippen molar-refractivity contribution in [1.29, 1.82) is 0 Å². The summed E-state index contributed by atoms with van der Waals surface area (Å²) in [5.41, 5.74) is 5.85. The standard InChI is InChI=1S/C45H54N10O8/c1-25(2)37(51-43(58)61-5)41(56)54-18-8-9-35(54)39-46-23-34(50-39)30-15-17-32-29(21-30)14-16-31(48-32)27-10-12-28(13-11-27)33-22-47-40(49-33)36-24-53(45(60)63-7)19-20-55(36)42(57)38(26(3)4)52-44(59)62-6/h10-17,21-23,25-26,35-38H,8-9,18-20,24H2,1-7H3,(H,46,50)(H,47,49)(H,51,58)(H,52,59). The van der Waals surface area contributed by atoms with Crippen molar-refractivity contribution < 1.29 is 38.2 Å². The molecule has 5 amide bonds. The van der Waals surface area contributed by atoms with E-state index in [1.54, 1.807) is 22.2 Å². The molecule has 2 aliphatic rings. The molecule has 0 saturated carbocycles. The smallest absolute Gasteiger partial charge is 0.409 e. The van der Waals surface area contributed by atoms with Crippen molar-refractivity contribution in [3.8, 4) is 33.8 Å². The number of alkyl carbamates (subject to hydrolysis) is 2. The summed E-state index contributed by atoms with van der Waals surface area (Å²) in [6, 6.07) is 15.5. The van der Waals surface area contributed by atoms with Crippen LogP contribution in [0.15, 0.2) is 67.0 Å². The Morgan fingerprint density at radius 1 is 0.667 bits per heavy atom. The lowest BCUT2D eigenvalue weighted by molar-refractivity contribution is -0.139. The van der Waals surface area contributed by atoms with Crippen molar-refractivity contribution in [2.24, 2.45) is 11.8 Å². The highest BCUT2D eigenvalue weighted by atomic mass is 16.5. The summed E-state index contributed by atoms with van der Waals surface area (Å²) >= 11 is 0. The largest absolute Gasteiger partial charge is 0.453 e. The van der Waals surface area contributed by atoms with Crippen molar-refractivity contribution >= 4 is 41.0 Å². The number of carbonyl (C=O) groups is 5. The van der Waals surface area contributed by atoms with Crippen molar-refractivity contribution in [2.75, 3.05) is 47.5 Å². The van der Waals surface area contributed by atoms with Crippen LogP contribution in [-0.4, -0.2) is 129 Å². The molecule has 2 aromatic carbocycles. The molecule has 4 atom stereocenters. The number of hydrogen-bond acceptors (Lipinski definition) is 11. The van der Waals surface area contributed by atoms with Gasteiger partial charge in [-0.3, -0.25) is 9.59 Å². The van der Waals surface area contributed by atoms with Crippen LogP contribution >= 0.6 is 0 Å². The maximum Gasteiger partial charge on any atom is 0.409 e. The number of aromatic nitrogens is 5. The number of hydrogen-bond donors (Lipinski definition) is 4. The molecule has 2 aliphatic heterocycles. The highest BCUT2D eigenvalue weighted by Gasteiger charge is 2.40. The summed E-state index contributed by atoms with van der Waals surface area (Å²) in [4.78, 5) is 90.3. The monoisotopic (exact) mass is 862 g/mol. The summed E-state index contributed by atoms with van der Waals surface area (Å²) in [5, 5.41) is 6.29. The Bertz CT molecular complexity index is 2460. The maximum absolute atomic E-state index is 13.9. The van der Waals surface area contributed by atoms with Gasteiger partial charge in [-0.1, -0.05) is 64.1 Å². The van der Waals surface area contributed by atoms with Gasteiger partial charge < -0.3 is 49.5 Å². The number of piperazine rings is 1. The van der Waals surface area contributed by atoms with E-state index >= 15 is 0 Å². The second-order valence-corrected chi connectivity index (χ2v) is 16.4. The van der Waals surface area contributed by atoms with Crippen LogP contribution < -0.4 is 10.6 Å². The quantitative estimate of drug-likeness (QED) is 0.112. The molecule has 5 aromatic rings. The van der Waals surface area contributed by atoms with E-state index in [1.165, 1.54) is 26.2 Å². The maximum atomic E-state index is 13.9. The van der Waals surface area contributed by atoms with Gasteiger partial charge in [0.25, 0.3) is 0 Å². The normalized spacial score (nSPS) is 17.4. The molecule has 5 heterocycles. The summed E-state index contributed by atoms with van der Waals surface area (Å²) in [7, 11) is 3.84. The van der Waals surface area contributed by atoms with Gasteiger partial charge in [0.2, 0.25) is 11.8 Å². The number of likely N-dealkylation sites (tertiary alicyclic amines) is 1. The number of benzene rings is 2. The first-order valence-corrected chi connectivity index (χ1v) is 21.0. The lowest BCUT2D eigenvalue weighted by Gasteiger charge is -2.41. The lowest BCUT2D eigenvalue weighted by Crippen LogP contribution is -2.58. The van der Waals surface area contributed by atoms with Gasteiger partial charge in [0, 0.05) is 36.1 Å². The topological polar surface area (TPSA) is 217 Å². The Labute approximate surface area is 365 Å². The predicted octanol–water partition coefficient (Wildman–Crippen LogP) is 6.06. The number of H-pyrrole nitrogens is 2. The fourth-order valence-electron chi connectivity index (χ4n) is 8.23. The molecule has 2 saturated heterocycles. The van der Waals surface area contributed by atoms with Gasteiger partial charge in [-0.05, 0) is 48.4 Å². The number of pyridine rings is 1. The molecule has 63 heavy (non-hydrogen) atoms. The van der Waals surface area contributed by atoms with E-state index in [2.05, 4.69) is 36.6 Å². The highest BCUT2D eigenvalue weighted by Crippen LogP contribution is 2.34. The zero-order chi connectivity index (χ0) is 44.9. The summed E-state index contributed by atoms with van der Waals surface area (Å²) in [6.07, 6.45) is 3.21. The minimum absolute atomic E-state index is 0.125. The van der Waals surface area contributed by atoms with Crippen LogP contribution in [0.4, 0.5) is 14.4 Å². The summed E-state index contributed by atoms with van der Waals surface area (Å²) in [6.45, 7) is 8.64. The Balaban J connectivity index is 1.06. The number of fused-ring (bicyclic) bond motifs is 1. The van der Waals surface area contributed by atoms with Crippen LogP contribution in [0.25, 0.3) is 44.7 Å². The van der Waals surface area contributed by atoms with E-state index in [0.717, 1.165) is 57.5 Å². The van der Waals surface area contributed by atoms with Gasteiger partial charge in [-0.15, -0.1) is 0 Å². The van der Waals surface area contributed by atoms with Crippen molar-refractivity contribution in [1.82, 2.24) is 50.3 Å². The number of rotatable bonds is 11. The first-order valence-electron chi connectivity index (χ1n) is 21.0. The minimum atomic E-state index is -0.849. The Kier molecular flexibility index (Phi) is 13.3. The fraction of sp³-hybridized carbons (Fsp3) is 0.422. The first-order chi connectivity index (χ1) is 30.3. The number of amides is 5. The SMILES string of the molecule is COC(=O)NC(C(=O)N1CCCC1c1ncc(-c2ccc3nc(-c4ccc(-c5cnc(C6CN(C(=O)OC)CCN6C(=O)C(NC(=O)OC)C(C)C)[nH]5)cc4)ccc3c2)[nH]1)C(C)C. The highest BCUT2D eigenvalue weighted by molar-refractivity contribution is 5.88. The first kappa shape index (κ1) is 44.1. The molecule has 18 nitrogen and oxygen atoms in total. The molecule has 0 bridgehead atoms. The molecular weight excluding hydrogens is 809 g/mol. The summed E-state index contributed by atoms with van der Waals surface area (Å²) in [5.74, 6) is 0.355. The van der Waals surface area contributed by atoms with Crippen LogP contribution in [-0.2, 0) is 23.8 Å². The van der Waals surface area contributed by atoms with Gasteiger partial charge in [0.15, 0.2) is 0 Å². The van der Waals surface area contributed by atoms with Crippen LogP contribution in [0.3, 0.4) is 0 Å². The zero-order valence-electron chi connectivity index (χ0n) is 36.5. The lowest BCUT2D eigenvalue weighted by atomic mass is 10.0. The van der Waals surface area contributed by atoms with Crippen molar-refractivity contribution in [3.63, 3.8) is 0 Å². The molecule has 332 valence electrons. The Morgan fingerprint density at radius 3 is 1.81 bits per heavy atom. The minimum Gasteiger partial charge on any atom is -0.453 e. The van der Waals surface area contributed by atoms with Gasteiger partial charge >= 0.3 is 18.3 Å². The van der Waals surface area contributed by atoms with Gasteiger partial charge in [-0.25, -0.2) is 29.3 Å². The third-order valence-corrected chi connectivity index (χ3v) is 11.7. The van der Waals surface area contributed by atoms with E-state index in [1.807, 2.05) is 76.2 Å². The molecule has 4 unspecified atom stereocenters. The molecular formula is C45H54N10O8. The van der Waals surface area contributed by atoms with Gasteiger partial charge in [0.05, 0.1) is 68.9 Å². The van der Waals surface area contributed by atoms with Crippen molar-refractivity contribution in [3.05, 3.63) is 78.6 Å². The third-order valence-electron chi connectivity index (χ3n) is 11.7. The van der Waals surface area contributed by atoms with E-state index < -0.39 is 36.4 Å². The number of aromatic amines is 2. The number of imidazole rings is 2. The Morgan fingerprint density at radius 2 is 1.22 bits per heavy atom. The average molecular weight is 863 g/mol. The molecule has 0 aliphatic carbocycles. The summed E-state index contributed by atoms with van der Waals surface area (Å²) < 4.78 is 14.5. The van der Waals surface area contributed by atoms with Crippen LogP contribution in [0, 0.1) is 11.8 Å². The second-order valence-electron chi connectivity index (χ2n) is 16.4. The Hall–Kier alpha value is -6.98. The molecule has 4 N–H and O–H groups in total. The van der Waals surface area contributed by atoms with E-state index in [0.29, 0.717) is 18.2 Å². The zero-order valence-corrected chi connectivity index (χ0v) is 36.5. The molecule has 0 radical (unpaired) electrons. The third kappa shape index (κ3) is 9.44. The number of carbonyl (C=O) groups excluding carboxylic acids is 5. The van der Waals surface area contributed by atoms with E-state index in [9.17, 15) is 24.0 Å². The second kappa shape index (κ2) is 19.0. The van der Waals surface area contributed by atoms with Crippen molar-refractivity contribution in [2.45, 2.75) is 64.7 Å². The molecule has 0 spiro atoms. The molecule has 7 rings (SSSR count). The van der Waals surface area contributed by atoms with Gasteiger partial charge in [0.1, 0.15) is 29.8 Å². The molecule has 18 heteroatoms. The van der Waals surface area contributed by atoms with Gasteiger partial charge in [-0.2, -0.15) is 0 Å². The number of nitrogens with one attached hydrogen (secondary N) is 4. The van der Waals surface area contributed by atoms with E-state index in [-0.39, 0.29) is 49.3 Å².